The summed E-state index contributed by atoms with van der Waals surface area (Å²) in [7, 11) is 0. The summed E-state index contributed by atoms with van der Waals surface area (Å²) in [5, 5.41) is 10.2. The number of amides is 1. The van der Waals surface area contributed by atoms with E-state index in [2.05, 4.69) is 15.0 Å². The molecule has 0 aromatic carbocycles. The van der Waals surface area contributed by atoms with Crippen molar-refractivity contribution in [2.24, 2.45) is 20.7 Å². The number of ether oxygens (including phenoxy) is 1. The van der Waals surface area contributed by atoms with Crippen molar-refractivity contribution in [2.75, 3.05) is 19.9 Å². The van der Waals surface area contributed by atoms with E-state index in [0.717, 1.165) is 0 Å². The van der Waals surface area contributed by atoms with Crippen molar-refractivity contribution in [3.8, 4) is 0 Å². The van der Waals surface area contributed by atoms with Gasteiger partial charge in [-0.05, 0) is 0 Å². The van der Waals surface area contributed by atoms with Gasteiger partial charge in [-0.1, -0.05) is 0 Å². The fourth-order valence-corrected chi connectivity index (χ4v) is 1.37. The van der Waals surface area contributed by atoms with Gasteiger partial charge in [-0.25, -0.2) is 0 Å². The van der Waals surface area contributed by atoms with Gasteiger partial charge in [0.05, 0.1) is 6.34 Å². The molecule has 8 nitrogen and oxygen atoms in total. The van der Waals surface area contributed by atoms with Crippen molar-refractivity contribution < 1.29 is 44.2 Å². The molecule has 2 rings (SSSR count). The molecule has 2 heterocycles. The van der Waals surface area contributed by atoms with Crippen LogP contribution in [0.4, 0.5) is 0 Å². The summed E-state index contributed by atoms with van der Waals surface area (Å²) in [6.07, 6.45) is 1.43. The first-order chi connectivity index (χ1) is 7.72. The van der Waals surface area contributed by atoms with E-state index in [-0.39, 0.29) is 55.5 Å². The molecule has 0 saturated heterocycles. The summed E-state index contributed by atoms with van der Waals surface area (Å²) < 4.78 is 5.04. The molecular weight excluding hydrogens is 237 g/mol. The van der Waals surface area contributed by atoms with Crippen molar-refractivity contribution in [2.45, 2.75) is 6.04 Å². The predicted molar refractivity (Wildman–Crippen MR) is 53.9 cm³/mol. The molecule has 17 heavy (non-hydrogen) atoms. The zero-order chi connectivity index (χ0) is 11.5. The Balaban J connectivity index is 0.00000144. The Morgan fingerprint density at radius 1 is 1.53 bits per heavy atom. The Labute approximate surface area is 120 Å². The van der Waals surface area contributed by atoms with Crippen LogP contribution in [-0.2, 0) is 9.53 Å². The molecule has 1 amide bonds. The van der Waals surface area contributed by atoms with E-state index < -0.39 is 11.9 Å². The minimum Gasteiger partial charge on any atom is -0.853 e. The molecule has 0 radical (unpaired) electrons. The maximum atomic E-state index is 11.4. The third-order valence-electron chi connectivity index (χ3n) is 2.04. The van der Waals surface area contributed by atoms with Crippen molar-refractivity contribution in [3.63, 3.8) is 0 Å². The van der Waals surface area contributed by atoms with E-state index >= 15 is 0 Å². The van der Waals surface area contributed by atoms with Crippen LogP contribution in [0.3, 0.4) is 0 Å². The van der Waals surface area contributed by atoms with Crippen LogP contribution in [0.2, 0.25) is 0 Å². The summed E-state index contributed by atoms with van der Waals surface area (Å²) in [6.45, 7) is -0.0924. The van der Waals surface area contributed by atoms with Crippen LogP contribution >= 0.6 is 0 Å². The maximum absolute atomic E-state index is 11.4. The molecule has 0 saturated carbocycles. The van der Waals surface area contributed by atoms with Crippen LogP contribution in [0.5, 0.6) is 0 Å². The van der Waals surface area contributed by atoms with Gasteiger partial charge in [0.25, 0.3) is 5.91 Å². The van der Waals surface area contributed by atoms with Gasteiger partial charge in [0, 0.05) is 6.61 Å². The van der Waals surface area contributed by atoms with E-state index in [1.165, 1.54) is 11.2 Å². The monoisotopic (exact) mass is 247 g/mol. The van der Waals surface area contributed by atoms with E-state index in [0.29, 0.717) is 5.84 Å². The molecule has 2 aliphatic rings. The van der Waals surface area contributed by atoms with Crippen LogP contribution in [-0.4, -0.2) is 54.9 Å². The number of fused-ring (bicyclic) bond motifs is 1. The van der Waals surface area contributed by atoms with Gasteiger partial charge in [0.1, 0.15) is 6.73 Å². The van der Waals surface area contributed by atoms with Crippen molar-refractivity contribution in [1.29, 1.82) is 0 Å². The zero-order valence-corrected chi connectivity index (χ0v) is 11.4. The number of carbonyl (C=O) groups is 1. The molecule has 1 unspecified atom stereocenters. The fraction of sp³-hybridized carbons (Fsp3) is 0.500. The first-order valence-corrected chi connectivity index (χ1v) is 4.65. The second kappa shape index (κ2) is 6.22. The van der Waals surface area contributed by atoms with Crippen molar-refractivity contribution in [1.82, 2.24) is 4.90 Å². The second-order valence-corrected chi connectivity index (χ2v) is 3.16. The average molecular weight is 247 g/mol. The Morgan fingerprint density at radius 2 is 2.29 bits per heavy atom. The third kappa shape index (κ3) is 3.11. The molecule has 0 spiro atoms. The summed E-state index contributed by atoms with van der Waals surface area (Å²) in [5.74, 6) is -0.135. The summed E-state index contributed by atoms with van der Waals surface area (Å²) in [6, 6.07) is -0.719. The van der Waals surface area contributed by atoms with E-state index in [1.54, 1.807) is 0 Å². The largest absolute Gasteiger partial charge is 1.00 e. The number of guanidine groups is 1. The molecule has 2 aliphatic heterocycles. The van der Waals surface area contributed by atoms with Crippen LogP contribution in [0.25, 0.3) is 0 Å². The molecule has 86 valence electrons. The van der Waals surface area contributed by atoms with Crippen LogP contribution in [0.15, 0.2) is 15.0 Å². The Hall–Kier alpha value is -0.800. The van der Waals surface area contributed by atoms with Gasteiger partial charge >= 0.3 is 29.6 Å². The van der Waals surface area contributed by atoms with Crippen molar-refractivity contribution in [3.05, 3.63) is 0 Å². The minimum atomic E-state index is -0.719. The van der Waals surface area contributed by atoms with Gasteiger partial charge in [-0.3, -0.25) is 14.7 Å². The number of hydrogen-bond acceptors (Lipinski definition) is 7. The molecular formula is C8H10N5NaO3. The first kappa shape index (κ1) is 14.3. The van der Waals surface area contributed by atoms with Gasteiger partial charge in [-0.2, -0.15) is 9.98 Å². The summed E-state index contributed by atoms with van der Waals surface area (Å²) in [4.78, 5) is 24.3. The number of aliphatic imine (C=N–C) groups is 3. The average Bonchev–Trinajstić information content (AvgIpc) is 2.62. The molecule has 0 fully saturated rings. The number of nitrogens with zero attached hydrogens (tertiary/aromatic N) is 4. The first-order valence-electron chi connectivity index (χ1n) is 4.65. The number of amidine groups is 1. The topological polar surface area (TPSA) is 116 Å². The Kier molecular flexibility index (Phi) is 5.22. The molecule has 9 heteroatoms. The SMILES string of the molecule is NC1=NC(=O)C2N=CN(COCC[O-])C2=N1.[Na+]. The molecule has 1 atom stereocenters. The van der Waals surface area contributed by atoms with Gasteiger partial charge in [0.15, 0.2) is 11.9 Å². The van der Waals surface area contributed by atoms with Crippen LogP contribution < -0.4 is 40.4 Å². The number of nitrogens with two attached hydrogens (primary N) is 1. The van der Waals surface area contributed by atoms with Gasteiger partial charge < -0.3 is 15.6 Å². The van der Waals surface area contributed by atoms with Crippen LogP contribution in [0.1, 0.15) is 0 Å². The molecule has 2 N–H and O–H groups in total. The number of carbonyl (C=O) groups excluding carboxylic acids is 1. The standard InChI is InChI=1S/C8H10N5O3.Na/c9-8-11-6-5(7(15)12-8)10-3-13(6)4-16-2-1-14;/h3,5H,1-2,4H2,(H2,9,12,15);/q-1;+1. The molecule has 0 aromatic heterocycles. The predicted octanol–water partition coefficient (Wildman–Crippen LogP) is -5.71. The minimum absolute atomic E-state index is 0. The zero-order valence-electron chi connectivity index (χ0n) is 9.37. The molecule has 0 aliphatic carbocycles. The summed E-state index contributed by atoms with van der Waals surface area (Å²) in [5.41, 5.74) is 5.37. The Morgan fingerprint density at radius 3 is 3.00 bits per heavy atom. The number of hydrogen-bond donors (Lipinski definition) is 1. The quantitative estimate of drug-likeness (QED) is 0.392. The van der Waals surface area contributed by atoms with Crippen molar-refractivity contribution >= 4 is 24.0 Å². The van der Waals surface area contributed by atoms with E-state index in [1.807, 2.05) is 0 Å². The third-order valence-corrected chi connectivity index (χ3v) is 2.04. The fourth-order valence-electron chi connectivity index (χ4n) is 1.37. The summed E-state index contributed by atoms with van der Waals surface area (Å²) >= 11 is 0. The molecule has 0 aromatic rings. The van der Waals surface area contributed by atoms with Gasteiger partial charge in [0.2, 0.25) is 5.96 Å². The molecule has 0 bridgehead atoms. The second-order valence-electron chi connectivity index (χ2n) is 3.16. The van der Waals surface area contributed by atoms with E-state index in [4.69, 9.17) is 10.5 Å². The Bertz CT molecular complexity index is 395. The van der Waals surface area contributed by atoms with E-state index in [9.17, 15) is 9.90 Å². The van der Waals surface area contributed by atoms with Gasteiger partial charge in [-0.15, -0.1) is 6.61 Å². The van der Waals surface area contributed by atoms with Crippen LogP contribution in [0, 0.1) is 0 Å². The maximum Gasteiger partial charge on any atom is 1.00 e. The number of rotatable bonds is 4. The normalized spacial score (nSPS) is 21.8. The smallest absolute Gasteiger partial charge is 0.853 e.